The van der Waals surface area contributed by atoms with E-state index >= 15 is 0 Å². The summed E-state index contributed by atoms with van der Waals surface area (Å²) in [5.74, 6) is 7.87. The van der Waals surface area contributed by atoms with E-state index in [-0.39, 0.29) is 0 Å². The molecule has 1 aliphatic heterocycles. The Morgan fingerprint density at radius 3 is 2.63 bits per heavy atom. The lowest BCUT2D eigenvalue weighted by atomic mass is 10.2. The molecular weight excluding hydrogens is 376 g/mol. The van der Waals surface area contributed by atoms with Gasteiger partial charge in [0.05, 0.1) is 13.2 Å². The van der Waals surface area contributed by atoms with Crippen molar-refractivity contribution in [1.29, 1.82) is 0 Å². The molecule has 4 rings (SSSR count). The lowest BCUT2D eigenvalue weighted by Crippen LogP contribution is -2.36. The molecule has 1 aliphatic rings. The molecule has 1 saturated heterocycles. The number of hydrogen-bond acceptors (Lipinski definition) is 7. The van der Waals surface area contributed by atoms with E-state index < -0.39 is 0 Å². The summed E-state index contributed by atoms with van der Waals surface area (Å²) in [5.41, 5.74) is 3.57. The number of nitrogens with one attached hydrogen (secondary N) is 1. The van der Waals surface area contributed by atoms with Crippen molar-refractivity contribution in [2.75, 3.05) is 55.5 Å². The van der Waals surface area contributed by atoms with Gasteiger partial charge in [-0.2, -0.15) is 0 Å². The van der Waals surface area contributed by atoms with E-state index in [2.05, 4.69) is 54.0 Å². The highest BCUT2D eigenvalue weighted by Gasteiger charge is 2.11. The summed E-state index contributed by atoms with van der Waals surface area (Å²) in [4.78, 5) is 17.4. The second kappa shape index (κ2) is 9.25. The molecule has 30 heavy (non-hydrogen) atoms. The number of benzene rings is 1. The van der Waals surface area contributed by atoms with E-state index in [9.17, 15) is 0 Å². The molecule has 1 aromatic carbocycles. The molecule has 3 aromatic rings. The topological polar surface area (TPSA) is 66.4 Å². The number of aromatic nitrogens is 3. The number of nitrogens with zero attached hydrogens (tertiary/aromatic N) is 5. The maximum absolute atomic E-state index is 5.38. The number of pyridine rings is 1. The first-order chi connectivity index (χ1) is 14.7. The SMILES string of the molecule is CN(C)c1cccc(Nc2cc(C#Cc3ccc(N4CCOCC4)nc3)ncn2)c1. The fourth-order valence-electron chi connectivity index (χ4n) is 3.08. The van der Waals surface area contributed by atoms with Crippen LogP contribution < -0.4 is 15.1 Å². The Bertz CT molecular complexity index is 1050. The molecule has 0 unspecified atom stereocenters. The standard InChI is InChI=1S/C23H24N6O/c1-28(2)21-5-3-4-20(14-21)27-22-15-19(25-17-26-22)8-6-18-7-9-23(24-16-18)29-10-12-30-13-11-29/h3-5,7,9,14-17H,10-13H2,1-2H3,(H,25,26,27). The number of morpholine rings is 1. The largest absolute Gasteiger partial charge is 0.378 e. The van der Waals surface area contributed by atoms with E-state index in [4.69, 9.17) is 4.74 Å². The third-order valence-electron chi connectivity index (χ3n) is 4.72. The molecule has 3 heterocycles. The van der Waals surface area contributed by atoms with Crippen LogP contribution >= 0.6 is 0 Å². The zero-order valence-corrected chi connectivity index (χ0v) is 17.2. The van der Waals surface area contributed by atoms with Gasteiger partial charge in [0.1, 0.15) is 23.7 Å². The van der Waals surface area contributed by atoms with Crippen LogP contribution in [-0.4, -0.2) is 55.4 Å². The van der Waals surface area contributed by atoms with Crippen molar-refractivity contribution in [3.63, 3.8) is 0 Å². The average Bonchev–Trinajstić information content (AvgIpc) is 2.79. The van der Waals surface area contributed by atoms with E-state index in [1.807, 2.05) is 44.4 Å². The maximum Gasteiger partial charge on any atom is 0.135 e. The van der Waals surface area contributed by atoms with Crippen LogP contribution in [0.2, 0.25) is 0 Å². The van der Waals surface area contributed by atoms with Gasteiger partial charge in [-0.1, -0.05) is 12.0 Å². The number of hydrogen-bond donors (Lipinski definition) is 1. The number of rotatable bonds is 4. The highest BCUT2D eigenvalue weighted by molar-refractivity contribution is 5.63. The smallest absolute Gasteiger partial charge is 0.135 e. The first-order valence-corrected chi connectivity index (χ1v) is 9.84. The van der Waals surface area contributed by atoms with Crippen molar-refractivity contribution in [2.45, 2.75) is 0 Å². The Balaban J connectivity index is 1.45. The molecule has 152 valence electrons. The number of ether oxygens (including phenoxy) is 1. The highest BCUT2D eigenvalue weighted by Crippen LogP contribution is 2.20. The van der Waals surface area contributed by atoms with Crippen molar-refractivity contribution < 1.29 is 4.74 Å². The van der Waals surface area contributed by atoms with Crippen LogP contribution in [0.4, 0.5) is 23.0 Å². The van der Waals surface area contributed by atoms with Crippen molar-refractivity contribution in [3.8, 4) is 11.8 Å². The normalized spacial score (nSPS) is 13.3. The fourth-order valence-corrected chi connectivity index (χ4v) is 3.08. The van der Waals surface area contributed by atoms with E-state index in [0.717, 1.165) is 49.1 Å². The van der Waals surface area contributed by atoms with Crippen LogP contribution in [0.25, 0.3) is 0 Å². The quantitative estimate of drug-likeness (QED) is 0.676. The Labute approximate surface area is 176 Å². The molecule has 1 fully saturated rings. The summed E-state index contributed by atoms with van der Waals surface area (Å²) >= 11 is 0. The Hall–Kier alpha value is -3.63. The van der Waals surface area contributed by atoms with Crippen LogP contribution in [0.1, 0.15) is 11.3 Å². The predicted octanol–water partition coefficient (Wildman–Crippen LogP) is 2.92. The van der Waals surface area contributed by atoms with Gasteiger partial charge in [0.25, 0.3) is 0 Å². The van der Waals surface area contributed by atoms with Crippen LogP contribution in [0.15, 0.2) is 55.0 Å². The lowest BCUT2D eigenvalue weighted by molar-refractivity contribution is 0.122. The molecule has 0 spiro atoms. The van der Waals surface area contributed by atoms with Crippen LogP contribution in [0.3, 0.4) is 0 Å². The summed E-state index contributed by atoms with van der Waals surface area (Å²) in [6, 6.07) is 14.0. The van der Waals surface area contributed by atoms with Crippen molar-refractivity contribution in [3.05, 3.63) is 66.2 Å². The highest BCUT2D eigenvalue weighted by atomic mass is 16.5. The van der Waals surface area contributed by atoms with Gasteiger partial charge in [0.15, 0.2) is 0 Å². The van der Waals surface area contributed by atoms with Gasteiger partial charge in [0.2, 0.25) is 0 Å². The molecule has 0 radical (unpaired) electrons. The van der Waals surface area contributed by atoms with Crippen LogP contribution in [0.5, 0.6) is 0 Å². The van der Waals surface area contributed by atoms with Crippen molar-refractivity contribution in [2.24, 2.45) is 0 Å². The molecule has 0 bridgehead atoms. The molecule has 0 aliphatic carbocycles. The molecule has 0 saturated carbocycles. The average molecular weight is 400 g/mol. The van der Waals surface area contributed by atoms with Gasteiger partial charge in [-0.15, -0.1) is 0 Å². The van der Waals surface area contributed by atoms with Crippen molar-refractivity contribution >= 4 is 23.0 Å². The number of anilines is 4. The summed E-state index contributed by atoms with van der Waals surface area (Å²) in [7, 11) is 4.03. The molecular formula is C23H24N6O. The molecule has 0 amide bonds. The first kappa shape index (κ1) is 19.7. The minimum Gasteiger partial charge on any atom is -0.378 e. The molecule has 7 heteroatoms. The predicted molar refractivity (Wildman–Crippen MR) is 119 cm³/mol. The molecule has 7 nitrogen and oxygen atoms in total. The van der Waals surface area contributed by atoms with E-state index in [0.29, 0.717) is 11.5 Å². The lowest BCUT2D eigenvalue weighted by Gasteiger charge is -2.27. The Morgan fingerprint density at radius 1 is 1.00 bits per heavy atom. The minimum atomic E-state index is 0.647. The van der Waals surface area contributed by atoms with Gasteiger partial charge in [-0.3, -0.25) is 0 Å². The van der Waals surface area contributed by atoms with Crippen LogP contribution in [0, 0.1) is 11.8 Å². The summed E-state index contributed by atoms with van der Waals surface area (Å²) < 4.78 is 5.38. The van der Waals surface area contributed by atoms with Gasteiger partial charge in [0, 0.05) is 56.4 Å². The Kier molecular flexibility index (Phi) is 6.06. The zero-order chi connectivity index (χ0) is 20.8. The second-order valence-corrected chi connectivity index (χ2v) is 7.11. The maximum atomic E-state index is 5.38. The molecule has 1 N–H and O–H groups in total. The van der Waals surface area contributed by atoms with E-state index in [1.165, 1.54) is 6.33 Å². The van der Waals surface area contributed by atoms with Gasteiger partial charge in [-0.05, 0) is 36.3 Å². The summed E-state index contributed by atoms with van der Waals surface area (Å²) in [6.45, 7) is 3.22. The summed E-state index contributed by atoms with van der Waals surface area (Å²) in [6.07, 6.45) is 3.31. The third kappa shape index (κ3) is 5.04. The van der Waals surface area contributed by atoms with E-state index in [1.54, 1.807) is 6.20 Å². The van der Waals surface area contributed by atoms with Gasteiger partial charge >= 0.3 is 0 Å². The zero-order valence-electron chi connectivity index (χ0n) is 17.2. The second-order valence-electron chi connectivity index (χ2n) is 7.11. The monoisotopic (exact) mass is 400 g/mol. The fraction of sp³-hybridized carbons (Fsp3) is 0.261. The Morgan fingerprint density at radius 2 is 1.87 bits per heavy atom. The third-order valence-corrected chi connectivity index (χ3v) is 4.72. The van der Waals surface area contributed by atoms with Gasteiger partial charge < -0.3 is 19.9 Å². The molecule has 2 aromatic heterocycles. The molecule has 0 atom stereocenters. The minimum absolute atomic E-state index is 0.647. The van der Waals surface area contributed by atoms with Crippen LogP contribution in [-0.2, 0) is 4.74 Å². The first-order valence-electron chi connectivity index (χ1n) is 9.84. The van der Waals surface area contributed by atoms with Crippen molar-refractivity contribution in [1.82, 2.24) is 15.0 Å². The van der Waals surface area contributed by atoms with Gasteiger partial charge in [-0.25, -0.2) is 15.0 Å². The summed E-state index contributed by atoms with van der Waals surface area (Å²) in [5, 5.41) is 3.31.